The molecule has 0 saturated heterocycles. The van der Waals surface area contributed by atoms with Crippen molar-refractivity contribution in [3.63, 3.8) is 0 Å². The molecule has 0 radical (unpaired) electrons. The van der Waals surface area contributed by atoms with Gasteiger partial charge >= 0.3 is 0 Å². The highest BCUT2D eigenvalue weighted by Gasteiger charge is 2.33. The van der Waals surface area contributed by atoms with Crippen LogP contribution in [0.5, 0.6) is 5.75 Å². The van der Waals surface area contributed by atoms with Gasteiger partial charge in [0.25, 0.3) is 11.8 Å². The summed E-state index contributed by atoms with van der Waals surface area (Å²) in [4.78, 5) is 25.7. The van der Waals surface area contributed by atoms with E-state index in [-0.39, 0.29) is 11.9 Å². The van der Waals surface area contributed by atoms with Crippen LogP contribution in [0.1, 0.15) is 31.1 Å². The fraction of sp³-hybridized carbons (Fsp3) is 0.357. The number of hydrogen-bond acceptors (Lipinski definition) is 4. The van der Waals surface area contributed by atoms with Crippen LogP contribution >= 0.6 is 0 Å². The zero-order valence-corrected chi connectivity index (χ0v) is 12.1. The average molecular weight is 290 g/mol. The quantitative estimate of drug-likeness (QED) is 0.553. The predicted octanol–water partition coefficient (Wildman–Crippen LogP) is 0.832. The summed E-state index contributed by atoms with van der Waals surface area (Å²) in [6.45, 7) is 5.50. The lowest BCUT2D eigenvalue weighted by Gasteiger charge is -2.35. The number of hydrogen-bond donors (Lipinski definition) is 3. The van der Waals surface area contributed by atoms with Crippen LogP contribution in [0.25, 0.3) is 0 Å². The van der Waals surface area contributed by atoms with E-state index in [9.17, 15) is 9.59 Å². The summed E-state index contributed by atoms with van der Waals surface area (Å²) in [6.07, 6.45) is -0.606. The Morgan fingerprint density at radius 1 is 1.48 bits per heavy atom. The van der Waals surface area contributed by atoms with E-state index < -0.39 is 18.0 Å². The Balaban J connectivity index is 2.40. The van der Waals surface area contributed by atoms with Gasteiger partial charge in [-0.3, -0.25) is 20.3 Å². The van der Waals surface area contributed by atoms with Crippen molar-refractivity contribution in [2.24, 2.45) is 5.73 Å². The lowest BCUT2D eigenvalue weighted by atomic mass is 10.1. The van der Waals surface area contributed by atoms with Gasteiger partial charge in [0.1, 0.15) is 5.75 Å². The van der Waals surface area contributed by atoms with E-state index in [0.29, 0.717) is 17.0 Å². The third-order valence-corrected chi connectivity index (χ3v) is 3.14. The fourth-order valence-corrected chi connectivity index (χ4v) is 2.23. The summed E-state index contributed by atoms with van der Waals surface area (Å²) in [6, 6.07) is 4.76. The average Bonchev–Trinajstić information content (AvgIpc) is 2.38. The van der Waals surface area contributed by atoms with Crippen LogP contribution in [0.15, 0.2) is 18.2 Å². The van der Waals surface area contributed by atoms with Gasteiger partial charge in [0.2, 0.25) is 0 Å². The second-order valence-corrected chi connectivity index (χ2v) is 5.11. The zero-order chi connectivity index (χ0) is 15.7. The molecule has 112 valence electrons. The van der Waals surface area contributed by atoms with E-state index in [4.69, 9.17) is 15.9 Å². The summed E-state index contributed by atoms with van der Waals surface area (Å²) in [5.41, 5.74) is 6.08. The van der Waals surface area contributed by atoms with E-state index in [2.05, 4.69) is 5.32 Å². The number of anilines is 1. The third kappa shape index (κ3) is 2.81. The molecule has 1 unspecified atom stereocenters. The van der Waals surface area contributed by atoms with Crippen molar-refractivity contribution in [1.82, 2.24) is 5.32 Å². The topological polar surface area (TPSA) is 109 Å². The molecule has 0 saturated carbocycles. The smallest absolute Gasteiger partial charge is 0.268 e. The molecule has 7 heteroatoms. The molecule has 0 aromatic heterocycles. The summed E-state index contributed by atoms with van der Waals surface area (Å²) in [7, 11) is 0. The number of fused-ring (bicyclic) bond motifs is 1. The minimum Gasteiger partial charge on any atom is -0.479 e. The van der Waals surface area contributed by atoms with E-state index in [1.807, 2.05) is 13.8 Å². The predicted molar refractivity (Wildman–Crippen MR) is 78.5 cm³/mol. The Morgan fingerprint density at radius 2 is 2.14 bits per heavy atom. The zero-order valence-electron chi connectivity index (χ0n) is 12.1. The van der Waals surface area contributed by atoms with Gasteiger partial charge in [-0.1, -0.05) is 0 Å². The molecule has 1 aromatic carbocycles. The number of rotatable bonds is 2. The van der Waals surface area contributed by atoms with Gasteiger partial charge in [0.05, 0.1) is 5.69 Å². The van der Waals surface area contributed by atoms with Crippen molar-refractivity contribution in [2.75, 3.05) is 4.90 Å². The molecule has 1 aromatic rings. The number of nitrogens with zero attached hydrogens (tertiary/aromatic N) is 1. The first-order valence-corrected chi connectivity index (χ1v) is 6.60. The van der Waals surface area contributed by atoms with Gasteiger partial charge in [-0.25, -0.2) is 0 Å². The van der Waals surface area contributed by atoms with Crippen LogP contribution < -0.4 is 20.7 Å². The number of benzene rings is 1. The molecule has 7 nitrogen and oxygen atoms in total. The van der Waals surface area contributed by atoms with E-state index in [1.54, 1.807) is 30.0 Å². The first-order chi connectivity index (χ1) is 9.81. The van der Waals surface area contributed by atoms with Crippen molar-refractivity contribution in [3.8, 4) is 5.75 Å². The normalized spacial score (nSPS) is 17.2. The van der Waals surface area contributed by atoms with E-state index in [0.717, 1.165) is 0 Å². The van der Waals surface area contributed by atoms with Gasteiger partial charge in [0, 0.05) is 11.6 Å². The van der Waals surface area contributed by atoms with Crippen LogP contribution in [-0.2, 0) is 4.79 Å². The molecule has 0 spiro atoms. The molecule has 21 heavy (non-hydrogen) atoms. The minimum atomic E-state index is -0.606. The summed E-state index contributed by atoms with van der Waals surface area (Å²) < 4.78 is 5.56. The van der Waals surface area contributed by atoms with Crippen molar-refractivity contribution >= 4 is 23.5 Å². The number of ether oxygens (including phenoxy) is 1. The Bertz CT molecular complexity index is 612. The maximum absolute atomic E-state index is 12.2. The number of carbonyl (C=O) groups excluding carboxylic acids is 2. The SMILES string of the molecule is CC1Oc2cc(C(=O)NC(=N)N)ccc2N(C(C)C)C1=O. The van der Waals surface area contributed by atoms with Gasteiger partial charge in [-0.15, -0.1) is 0 Å². The molecule has 1 heterocycles. The number of guanidine groups is 1. The van der Waals surface area contributed by atoms with Crippen LogP contribution in [0, 0.1) is 5.41 Å². The van der Waals surface area contributed by atoms with Gasteiger partial charge in [-0.2, -0.15) is 0 Å². The number of amides is 2. The van der Waals surface area contributed by atoms with E-state index in [1.165, 1.54) is 0 Å². The first kappa shape index (κ1) is 14.8. The minimum absolute atomic E-state index is 0.0144. The van der Waals surface area contributed by atoms with Crippen molar-refractivity contribution < 1.29 is 14.3 Å². The summed E-state index contributed by atoms with van der Waals surface area (Å²) in [5, 5.41) is 9.28. The molecule has 1 aliphatic heterocycles. The van der Waals surface area contributed by atoms with E-state index >= 15 is 0 Å². The highest BCUT2D eigenvalue weighted by atomic mass is 16.5. The second kappa shape index (κ2) is 5.43. The van der Waals surface area contributed by atoms with Crippen molar-refractivity contribution in [1.29, 1.82) is 5.41 Å². The molecule has 0 aliphatic carbocycles. The molecule has 0 bridgehead atoms. The van der Waals surface area contributed by atoms with Crippen molar-refractivity contribution in [3.05, 3.63) is 23.8 Å². The lowest BCUT2D eigenvalue weighted by Crippen LogP contribution is -2.48. The molecule has 1 atom stereocenters. The summed E-state index contributed by atoms with van der Waals surface area (Å²) >= 11 is 0. The van der Waals surface area contributed by atoms with Gasteiger partial charge < -0.3 is 15.4 Å². The lowest BCUT2D eigenvalue weighted by molar-refractivity contribution is -0.125. The van der Waals surface area contributed by atoms with Gasteiger partial charge in [0.15, 0.2) is 12.1 Å². The fourth-order valence-electron chi connectivity index (χ4n) is 2.23. The van der Waals surface area contributed by atoms with Crippen LogP contribution in [-0.4, -0.2) is 29.9 Å². The van der Waals surface area contributed by atoms with Crippen molar-refractivity contribution in [2.45, 2.75) is 32.9 Å². The number of nitrogens with two attached hydrogens (primary N) is 1. The molecule has 0 fully saturated rings. The van der Waals surface area contributed by atoms with Crippen LogP contribution in [0.4, 0.5) is 5.69 Å². The highest BCUT2D eigenvalue weighted by Crippen LogP contribution is 2.36. The molecule has 2 amide bonds. The number of carbonyl (C=O) groups is 2. The van der Waals surface area contributed by atoms with Gasteiger partial charge in [-0.05, 0) is 39.0 Å². The van der Waals surface area contributed by atoms with Crippen LogP contribution in [0.2, 0.25) is 0 Å². The van der Waals surface area contributed by atoms with Crippen LogP contribution in [0.3, 0.4) is 0 Å². The maximum Gasteiger partial charge on any atom is 0.268 e. The monoisotopic (exact) mass is 290 g/mol. The first-order valence-electron chi connectivity index (χ1n) is 6.60. The molecule has 1 aliphatic rings. The molecular formula is C14H18N4O3. The summed E-state index contributed by atoms with van der Waals surface area (Å²) in [5.74, 6) is -0.564. The molecule has 4 N–H and O–H groups in total. The Kier molecular flexibility index (Phi) is 3.84. The Morgan fingerprint density at radius 3 is 2.71 bits per heavy atom. The molecule has 2 rings (SSSR count). The number of nitrogens with one attached hydrogen (secondary N) is 2. The Labute approximate surface area is 122 Å². The standard InChI is InChI=1S/C14H18N4O3/c1-7(2)18-10-5-4-9(12(19)17-14(15)16)6-11(10)21-8(3)13(18)20/h4-8H,1-3H3,(H4,15,16,17,19). The highest BCUT2D eigenvalue weighted by molar-refractivity contribution is 6.06. The largest absolute Gasteiger partial charge is 0.479 e. The third-order valence-electron chi connectivity index (χ3n) is 3.14. The Hall–Kier alpha value is -2.57. The maximum atomic E-state index is 12.2. The second-order valence-electron chi connectivity index (χ2n) is 5.11. The molecular weight excluding hydrogens is 272 g/mol.